The number of benzene rings is 2. The highest BCUT2D eigenvalue weighted by Crippen LogP contribution is 2.22. The number of nitrogens with two attached hydrogens (primary N) is 1. The van der Waals surface area contributed by atoms with E-state index in [1.54, 1.807) is 30.3 Å². The Morgan fingerprint density at radius 3 is 2.67 bits per heavy atom. The van der Waals surface area contributed by atoms with Crippen molar-refractivity contribution in [3.05, 3.63) is 64.4 Å². The standard InChI is InChI=1S/C17H18ClFN2O2.ClH/c18-14-5-6-16(23-11-17(20)22)13(9-14)10-21-8-7-12-3-1-2-4-15(12)19;/h1-6,9,21H,7-8,10-11H2,(H2,20,22);1H. The summed E-state index contributed by atoms with van der Waals surface area (Å²) >= 11 is 5.98. The minimum absolute atomic E-state index is 0. The van der Waals surface area contributed by atoms with E-state index in [1.165, 1.54) is 6.07 Å². The average molecular weight is 373 g/mol. The van der Waals surface area contributed by atoms with Gasteiger partial charge in [0.05, 0.1) is 0 Å². The largest absolute Gasteiger partial charge is 0.483 e. The molecule has 0 radical (unpaired) electrons. The Morgan fingerprint density at radius 1 is 1.21 bits per heavy atom. The molecule has 2 aromatic rings. The first-order valence-corrected chi connectivity index (χ1v) is 7.57. The van der Waals surface area contributed by atoms with Gasteiger partial charge in [-0.3, -0.25) is 4.79 Å². The van der Waals surface area contributed by atoms with Gasteiger partial charge < -0.3 is 15.8 Å². The van der Waals surface area contributed by atoms with Gasteiger partial charge in [0.1, 0.15) is 11.6 Å². The number of rotatable bonds is 8. The summed E-state index contributed by atoms with van der Waals surface area (Å²) < 4.78 is 18.9. The maximum absolute atomic E-state index is 13.5. The Morgan fingerprint density at radius 2 is 1.96 bits per heavy atom. The first-order chi connectivity index (χ1) is 11.1. The Bertz CT molecular complexity index is 683. The van der Waals surface area contributed by atoms with Crippen LogP contribution in [0.2, 0.25) is 5.02 Å². The second kappa shape index (κ2) is 10.1. The molecule has 0 saturated carbocycles. The molecule has 0 atom stereocenters. The number of nitrogens with one attached hydrogen (secondary N) is 1. The van der Waals surface area contributed by atoms with Crippen LogP contribution < -0.4 is 15.8 Å². The van der Waals surface area contributed by atoms with Gasteiger partial charge in [0.2, 0.25) is 0 Å². The van der Waals surface area contributed by atoms with Crippen molar-refractivity contribution in [3.8, 4) is 5.75 Å². The summed E-state index contributed by atoms with van der Waals surface area (Å²) in [5.74, 6) is -0.201. The van der Waals surface area contributed by atoms with Gasteiger partial charge >= 0.3 is 0 Å². The van der Waals surface area contributed by atoms with Crippen molar-refractivity contribution >= 4 is 29.9 Å². The summed E-state index contributed by atoms with van der Waals surface area (Å²) in [6, 6.07) is 11.8. The second-order valence-electron chi connectivity index (χ2n) is 5.03. The van der Waals surface area contributed by atoms with Crippen molar-refractivity contribution in [3.63, 3.8) is 0 Å². The van der Waals surface area contributed by atoms with Crippen LogP contribution in [0.3, 0.4) is 0 Å². The van der Waals surface area contributed by atoms with E-state index >= 15 is 0 Å². The highest BCUT2D eigenvalue weighted by atomic mass is 35.5. The Kier molecular flexibility index (Phi) is 8.54. The summed E-state index contributed by atoms with van der Waals surface area (Å²) in [5, 5.41) is 3.78. The molecule has 2 rings (SSSR count). The number of carbonyl (C=O) groups is 1. The molecule has 0 aliphatic heterocycles. The first-order valence-electron chi connectivity index (χ1n) is 7.20. The van der Waals surface area contributed by atoms with E-state index in [4.69, 9.17) is 22.1 Å². The lowest BCUT2D eigenvalue weighted by molar-refractivity contribution is -0.119. The maximum atomic E-state index is 13.5. The van der Waals surface area contributed by atoms with Crippen LogP contribution in [0.1, 0.15) is 11.1 Å². The van der Waals surface area contributed by atoms with Crippen LogP contribution in [0.5, 0.6) is 5.75 Å². The fraction of sp³-hybridized carbons (Fsp3) is 0.235. The van der Waals surface area contributed by atoms with E-state index in [0.29, 0.717) is 35.8 Å². The van der Waals surface area contributed by atoms with E-state index in [9.17, 15) is 9.18 Å². The van der Waals surface area contributed by atoms with Crippen molar-refractivity contribution in [1.82, 2.24) is 5.32 Å². The third kappa shape index (κ3) is 6.35. The molecule has 0 aliphatic carbocycles. The van der Waals surface area contributed by atoms with Crippen LogP contribution in [0, 0.1) is 5.82 Å². The smallest absolute Gasteiger partial charge is 0.255 e. The van der Waals surface area contributed by atoms with Crippen molar-refractivity contribution in [2.75, 3.05) is 13.2 Å². The van der Waals surface area contributed by atoms with Crippen LogP contribution in [0.15, 0.2) is 42.5 Å². The molecule has 0 bridgehead atoms. The Hall–Kier alpha value is -1.82. The van der Waals surface area contributed by atoms with Gasteiger partial charge in [-0.1, -0.05) is 29.8 Å². The molecule has 0 aliphatic rings. The molecule has 1 amide bonds. The lowest BCUT2D eigenvalue weighted by Crippen LogP contribution is -2.21. The first kappa shape index (κ1) is 20.2. The van der Waals surface area contributed by atoms with Crippen molar-refractivity contribution in [2.45, 2.75) is 13.0 Å². The molecule has 0 fully saturated rings. The highest BCUT2D eigenvalue weighted by Gasteiger charge is 2.07. The van der Waals surface area contributed by atoms with Crippen LogP contribution in [0.25, 0.3) is 0 Å². The van der Waals surface area contributed by atoms with Crippen molar-refractivity contribution in [1.29, 1.82) is 0 Å². The topological polar surface area (TPSA) is 64.4 Å². The fourth-order valence-electron chi connectivity index (χ4n) is 2.12. The molecule has 3 N–H and O–H groups in total. The molecular weight excluding hydrogens is 354 g/mol. The average Bonchev–Trinajstić information content (AvgIpc) is 2.52. The predicted octanol–water partition coefficient (Wildman–Crippen LogP) is 3.10. The number of primary amides is 1. The number of halogens is 3. The zero-order valence-electron chi connectivity index (χ0n) is 12.9. The number of amides is 1. The summed E-state index contributed by atoms with van der Waals surface area (Å²) in [7, 11) is 0. The van der Waals surface area contributed by atoms with Crippen molar-refractivity contribution < 1.29 is 13.9 Å². The zero-order valence-corrected chi connectivity index (χ0v) is 14.5. The Balaban J connectivity index is 0.00000288. The van der Waals surface area contributed by atoms with Crippen molar-refractivity contribution in [2.24, 2.45) is 5.73 Å². The summed E-state index contributed by atoms with van der Waals surface area (Å²) in [4.78, 5) is 10.8. The lowest BCUT2D eigenvalue weighted by Gasteiger charge is -2.12. The van der Waals surface area contributed by atoms with E-state index in [2.05, 4.69) is 5.32 Å². The minimum atomic E-state index is -0.543. The third-order valence-electron chi connectivity index (χ3n) is 3.24. The van der Waals surface area contributed by atoms with E-state index in [-0.39, 0.29) is 24.8 Å². The number of hydrogen-bond donors (Lipinski definition) is 2. The van der Waals surface area contributed by atoms with Gasteiger partial charge in [-0.25, -0.2) is 4.39 Å². The summed E-state index contributed by atoms with van der Waals surface area (Å²) in [5.41, 5.74) is 6.55. The second-order valence-corrected chi connectivity index (χ2v) is 5.46. The van der Waals surface area contributed by atoms with Crippen LogP contribution in [0.4, 0.5) is 4.39 Å². The SMILES string of the molecule is Cl.NC(=O)COc1ccc(Cl)cc1CNCCc1ccccc1F. The molecule has 24 heavy (non-hydrogen) atoms. The van der Waals surface area contributed by atoms with Gasteiger partial charge in [0.15, 0.2) is 6.61 Å². The lowest BCUT2D eigenvalue weighted by atomic mass is 10.1. The molecule has 7 heteroatoms. The highest BCUT2D eigenvalue weighted by molar-refractivity contribution is 6.30. The minimum Gasteiger partial charge on any atom is -0.483 e. The van der Waals surface area contributed by atoms with E-state index in [0.717, 1.165) is 5.56 Å². The van der Waals surface area contributed by atoms with Crippen LogP contribution in [-0.4, -0.2) is 19.1 Å². The van der Waals surface area contributed by atoms with Gasteiger partial charge in [0, 0.05) is 17.1 Å². The van der Waals surface area contributed by atoms with Crippen LogP contribution >= 0.6 is 24.0 Å². The quantitative estimate of drug-likeness (QED) is 0.699. The summed E-state index contributed by atoms with van der Waals surface area (Å²) in [6.45, 7) is 0.898. The molecule has 0 unspecified atom stereocenters. The molecular formula is C17H19Cl2FN2O2. The molecule has 0 spiro atoms. The number of hydrogen-bond acceptors (Lipinski definition) is 3. The predicted molar refractivity (Wildman–Crippen MR) is 95.2 cm³/mol. The summed E-state index contributed by atoms with van der Waals surface area (Å²) in [6.07, 6.45) is 0.574. The van der Waals surface area contributed by atoms with Gasteiger partial charge in [-0.2, -0.15) is 0 Å². The van der Waals surface area contributed by atoms with Gasteiger partial charge in [-0.15, -0.1) is 12.4 Å². The zero-order chi connectivity index (χ0) is 16.7. The maximum Gasteiger partial charge on any atom is 0.255 e. The Labute approximate surface area is 151 Å². The van der Waals surface area contributed by atoms with E-state index < -0.39 is 5.91 Å². The molecule has 0 aromatic heterocycles. The third-order valence-corrected chi connectivity index (χ3v) is 3.47. The fourth-order valence-corrected chi connectivity index (χ4v) is 2.32. The molecule has 4 nitrogen and oxygen atoms in total. The van der Waals surface area contributed by atoms with Crippen LogP contribution in [-0.2, 0) is 17.8 Å². The number of carbonyl (C=O) groups excluding carboxylic acids is 1. The van der Waals surface area contributed by atoms with E-state index in [1.807, 2.05) is 6.07 Å². The molecule has 130 valence electrons. The van der Waals surface area contributed by atoms with Gasteiger partial charge in [-0.05, 0) is 42.8 Å². The van der Waals surface area contributed by atoms with Gasteiger partial charge in [0.25, 0.3) is 5.91 Å². The molecule has 0 heterocycles. The molecule has 0 saturated heterocycles. The number of ether oxygens (including phenoxy) is 1. The molecule has 2 aromatic carbocycles. The normalized spacial score (nSPS) is 10.1. The monoisotopic (exact) mass is 372 g/mol.